The summed E-state index contributed by atoms with van der Waals surface area (Å²) in [5.74, 6) is -2.91. The van der Waals surface area contributed by atoms with Gasteiger partial charge in [0.2, 0.25) is 15.9 Å². The van der Waals surface area contributed by atoms with Gasteiger partial charge in [0.1, 0.15) is 11.6 Å². The van der Waals surface area contributed by atoms with Gasteiger partial charge in [-0.2, -0.15) is 0 Å². The zero-order valence-electron chi connectivity index (χ0n) is 22.0. The lowest BCUT2D eigenvalue weighted by Crippen LogP contribution is -2.35. The summed E-state index contributed by atoms with van der Waals surface area (Å²) in [5.41, 5.74) is 2.36. The van der Waals surface area contributed by atoms with Gasteiger partial charge in [-0.15, -0.1) is 0 Å². The number of hydrogen-bond acceptors (Lipinski definition) is 7. The van der Waals surface area contributed by atoms with Crippen LogP contribution >= 0.6 is 0 Å². The van der Waals surface area contributed by atoms with E-state index in [0.29, 0.717) is 39.7 Å². The van der Waals surface area contributed by atoms with Crippen LogP contribution in [-0.2, 0) is 10.0 Å². The quantitative estimate of drug-likeness (QED) is 0.434. The molecule has 3 fully saturated rings. The van der Waals surface area contributed by atoms with Crippen molar-refractivity contribution in [2.45, 2.75) is 70.1 Å². The number of carbonyl (C=O) groups is 1. The molecule has 0 atom stereocenters. The predicted molar refractivity (Wildman–Crippen MR) is 145 cm³/mol. The van der Waals surface area contributed by atoms with Crippen LogP contribution in [0.3, 0.4) is 0 Å². The number of benzene rings is 1. The number of aryl methyl sites for hydroxylation is 1. The molecule has 0 bridgehead atoms. The molecule has 2 aliphatic carbocycles. The van der Waals surface area contributed by atoms with Gasteiger partial charge >= 0.3 is 0 Å². The smallest absolute Gasteiger partial charge is 0.258 e. The number of hydrogen-bond donors (Lipinski definition) is 3. The highest BCUT2D eigenvalue weighted by atomic mass is 32.2. The fourth-order valence-electron chi connectivity index (χ4n) is 5.62. The summed E-state index contributed by atoms with van der Waals surface area (Å²) in [5, 5.41) is 11.9. The second-order valence-electron chi connectivity index (χ2n) is 11.2. The van der Waals surface area contributed by atoms with E-state index in [0.717, 1.165) is 25.9 Å². The number of halogens is 2. The summed E-state index contributed by atoms with van der Waals surface area (Å²) in [4.78, 5) is 24.6. The van der Waals surface area contributed by atoms with Gasteiger partial charge in [0, 0.05) is 43.6 Å². The maximum absolute atomic E-state index is 13.7. The Bertz CT molecular complexity index is 1330. The predicted octanol–water partition coefficient (Wildman–Crippen LogP) is 4.44. The van der Waals surface area contributed by atoms with E-state index in [9.17, 15) is 22.0 Å². The van der Waals surface area contributed by atoms with Crippen molar-refractivity contribution in [3.8, 4) is 0 Å². The van der Waals surface area contributed by atoms with Crippen LogP contribution in [0, 0.1) is 12.3 Å². The molecule has 1 aliphatic heterocycles. The number of nitrogens with zero attached hydrogens (tertiary/aromatic N) is 3. The molecule has 2 aromatic rings. The average Bonchev–Trinajstić information content (AvgIpc) is 3.62. The molecule has 3 N–H and O–H groups in total. The first-order valence-electron chi connectivity index (χ1n) is 13.5. The van der Waals surface area contributed by atoms with E-state index in [1.807, 2.05) is 0 Å². The number of nitrogens with one attached hydrogen (secondary N) is 2. The Morgan fingerprint density at radius 1 is 1.08 bits per heavy atom. The first-order chi connectivity index (χ1) is 18.5. The van der Waals surface area contributed by atoms with Crippen LogP contribution in [0.1, 0.15) is 79.2 Å². The number of rotatable bonds is 8. The van der Waals surface area contributed by atoms with E-state index in [4.69, 9.17) is 5.11 Å². The fourth-order valence-corrected chi connectivity index (χ4v) is 6.45. The van der Waals surface area contributed by atoms with Crippen molar-refractivity contribution in [2.24, 2.45) is 5.41 Å². The number of aliphatic hydroxyl groups excluding tert-OH is 1. The second kappa shape index (κ2) is 10.6. The van der Waals surface area contributed by atoms with E-state index in [-0.39, 0.29) is 31.6 Å². The normalized spacial score (nSPS) is 20.6. The van der Waals surface area contributed by atoms with Gasteiger partial charge in [0.25, 0.3) is 5.91 Å². The number of piperidine rings is 1. The highest BCUT2D eigenvalue weighted by Gasteiger charge is 2.44. The van der Waals surface area contributed by atoms with Gasteiger partial charge in [-0.25, -0.2) is 27.2 Å². The molecule has 3 aliphatic rings. The minimum absolute atomic E-state index is 0.190. The van der Waals surface area contributed by atoms with E-state index in [1.165, 1.54) is 18.9 Å². The van der Waals surface area contributed by atoms with E-state index < -0.39 is 34.2 Å². The van der Waals surface area contributed by atoms with Crippen molar-refractivity contribution in [2.75, 3.05) is 40.4 Å². The largest absolute Gasteiger partial charge is 0.395 e. The molecule has 12 heteroatoms. The van der Waals surface area contributed by atoms with Crippen LogP contribution < -0.4 is 14.9 Å². The Morgan fingerprint density at radius 3 is 2.41 bits per heavy atom. The number of carbonyl (C=O) groups excluding carboxylic acids is 1. The van der Waals surface area contributed by atoms with Crippen molar-refractivity contribution >= 4 is 33.1 Å². The summed E-state index contributed by atoms with van der Waals surface area (Å²) in [6, 6.07) is 6.42. The van der Waals surface area contributed by atoms with Crippen LogP contribution in [0.25, 0.3) is 0 Å². The van der Waals surface area contributed by atoms with Crippen molar-refractivity contribution in [1.29, 1.82) is 0 Å². The van der Waals surface area contributed by atoms with Gasteiger partial charge in [0.15, 0.2) is 0 Å². The Morgan fingerprint density at radius 2 is 1.77 bits per heavy atom. The molecule has 212 valence electrons. The Kier molecular flexibility index (Phi) is 7.53. The lowest BCUT2D eigenvalue weighted by Gasteiger charge is -2.35. The fraction of sp³-hybridized carbons (Fsp3) is 0.593. The van der Waals surface area contributed by atoms with Crippen molar-refractivity contribution < 1.29 is 27.1 Å². The van der Waals surface area contributed by atoms with Gasteiger partial charge < -0.3 is 15.3 Å². The first kappa shape index (κ1) is 27.7. The summed E-state index contributed by atoms with van der Waals surface area (Å²) in [7, 11) is -3.73. The molecular formula is C27H35F2N5O4S. The summed E-state index contributed by atoms with van der Waals surface area (Å²) >= 11 is 0. The molecule has 0 unspecified atom stereocenters. The zero-order valence-corrected chi connectivity index (χ0v) is 22.9. The minimum Gasteiger partial charge on any atom is -0.395 e. The van der Waals surface area contributed by atoms with E-state index in [1.54, 1.807) is 25.1 Å². The van der Waals surface area contributed by atoms with Crippen LogP contribution in [0.2, 0.25) is 0 Å². The van der Waals surface area contributed by atoms with Gasteiger partial charge in [-0.1, -0.05) is 0 Å². The molecule has 1 amide bonds. The summed E-state index contributed by atoms with van der Waals surface area (Å²) in [6.45, 7) is 2.80. The van der Waals surface area contributed by atoms with Crippen LogP contribution in [0.5, 0.6) is 0 Å². The Hall–Kier alpha value is -2.86. The third kappa shape index (κ3) is 6.66. The molecule has 0 radical (unpaired) electrons. The maximum atomic E-state index is 13.7. The summed E-state index contributed by atoms with van der Waals surface area (Å²) < 4.78 is 54.3. The van der Waals surface area contributed by atoms with E-state index in [2.05, 4.69) is 24.9 Å². The standard InChI is InChI=1S/C27H35F2N5O4S/c1-18-16-23(31-24(30-18)19-4-6-27(28,29)7-5-19)32-25(36)21-3-2-20(33-39(37,38)15-14-35)17-22(21)34-12-10-26(8-9-26)11-13-34/h2-3,16-17,19,33,35H,4-15H2,1H3,(H,30,31,32,36). The molecule has 39 heavy (non-hydrogen) atoms. The highest BCUT2D eigenvalue weighted by molar-refractivity contribution is 7.92. The maximum Gasteiger partial charge on any atom is 0.258 e. The van der Waals surface area contributed by atoms with Crippen LogP contribution in [0.15, 0.2) is 24.3 Å². The van der Waals surface area contributed by atoms with E-state index >= 15 is 0 Å². The van der Waals surface area contributed by atoms with Crippen LogP contribution in [0.4, 0.5) is 26.0 Å². The third-order valence-electron chi connectivity index (χ3n) is 8.19. The number of alkyl halides is 2. The lowest BCUT2D eigenvalue weighted by atomic mass is 9.86. The molecule has 2 saturated carbocycles. The lowest BCUT2D eigenvalue weighted by molar-refractivity contribution is -0.0387. The Balaban J connectivity index is 1.39. The topological polar surface area (TPSA) is 125 Å². The number of anilines is 3. The number of sulfonamides is 1. The first-order valence-corrected chi connectivity index (χ1v) is 15.2. The Labute approximate surface area is 227 Å². The van der Waals surface area contributed by atoms with Crippen molar-refractivity contribution in [1.82, 2.24) is 9.97 Å². The molecule has 9 nitrogen and oxygen atoms in total. The van der Waals surface area contributed by atoms with Gasteiger partial charge in [-0.3, -0.25) is 9.52 Å². The molecule has 1 aromatic carbocycles. The van der Waals surface area contributed by atoms with Gasteiger partial charge in [-0.05, 0) is 69.1 Å². The average molecular weight is 564 g/mol. The summed E-state index contributed by atoms with van der Waals surface area (Å²) in [6.07, 6.45) is 4.66. The molecular weight excluding hydrogens is 528 g/mol. The number of amides is 1. The van der Waals surface area contributed by atoms with Crippen molar-refractivity contribution in [3.63, 3.8) is 0 Å². The molecule has 1 aromatic heterocycles. The monoisotopic (exact) mass is 563 g/mol. The molecule has 1 saturated heterocycles. The van der Waals surface area contributed by atoms with Crippen LogP contribution in [-0.4, -0.2) is 60.8 Å². The number of aliphatic hydroxyl groups is 1. The minimum atomic E-state index is -3.73. The molecule has 5 rings (SSSR count). The third-order valence-corrected chi connectivity index (χ3v) is 9.46. The van der Waals surface area contributed by atoms with Crippen molar-refractivity contribution in [3.05, 3.63) is 41.3 Å². The SMILES string of the molecule is Cc1cc(NC(=O)c2ccc(NS(=O)(=O)CCO)cc2N2CCC3(CC2)CC3)nc(C2CCC(F)(F)CC2)n1. The van der Waals surface area contributed by atoms with Gasteiger partial charge in [0.05, 0.1) is 29.3 Å². The number of aromatic nitrogens is 2. The highest BCUT2D eigenvalue weighted by Crippen LogP contribution is 2.54. The zero-order chi connectivity index (χ0) is 27.8. The second-order valence-corrected chi connectivity index (χ2v) is 13.0. The molecule has 2 heterocycles. The molecule has 1 spiro atoms.